The Labute approximate surface area is 156 Å². The SMILES string of the molecule is CC(=O)N(CC(=O)NCCN1CCOCC1)c1ccc(C(C)(C)C)cc1. The van der Waals surface area contributed by atoms with Crippen LogP contribution in [0.4, 0.5) is 5.69 Å². The third kappa shape index (κ3) is 6.11. The van der Waals surface area contributed by atoms with Gasteiger partial charge in [-0.1, -0.05) is 32.9 Å². The summed E-state index contributed by atoms with van der Waals surface area (Å²) >= 11 is 0. The van der Waals surface area contributed by atoms with Crippen LogP contribution in [0.1, 0.15) is 33.3 Å². The van der Waals surface area contributed by atoms with E-state index in [1.54, 1.807) is 0 Å². The molecule has 6 nitrogen and oxygen atoms in total. The smallest absolute Gasteiger partial charge is 0.240 e. The van der Waals surface area contributed by atoms with Crippen LogP contribution >= 0.6 is 0 Å². The molecule has 1 aromatic rings. The lowest BCUT2D eigenvalue weighted by Gasteiger charge is -2.27. The van der Waals surface area contributed by atoms with Crippen molar-refractivity contribution in [1.82, 2.24) is 10.2 Å². The van der Waals surface area contributed by atoms with Gasteiger partial charge in [0, 0.05) is 38.8 Å². The van der Waals surface area contributed by atoms with Gasteiger partial charge in [-0.15, -0.1) is 0 Å². The summed E-state index contributed by atoms with van der Waals surface area (Å²) in [6.45, 7) is 12.6. The Balaban J connectivity index is 1.88. The lowest BCUT2D eigenvalue weighted by atomic mass is 9.87. The minimum absolute atomic E-state index is 0.0350. The van der Waals surface area contributed by atoms with Gasteiger partial charge in [0.15, 0.2) is 0 Å². The Hall–Kier alpha value is -1.92. The average molecular weight is 361 g/mol. The molecule has 0 spiro atoms. The van der Waals surface area contributed by atoms with E-state index >= 15 is 0 Å². The molecule has 1 N–H and O–H groups in total. The fraction of sp³-hybridized carbons (Fsp3) is 0.600. The minimum atomic E-state index is -0.145. The van der Waals surface area contributed by atoms with E-state index in [1.807, 2.05) is 24.3 Å². The number of carbonyl (C=O) groups excluding carboxylic acids is 2. The number of hydrogen-bond acceptors (Lipinski definition) is 4. The first-order chi connectivity index (χ1) is 12.3. The number of nitrogens with zero attached hydrogens (tertiary/aromatic N) is 2. The van der Waals surface area contributed by atoms with Crippen LogP contribution in [0.25, 0.3) is 0 Å². The summed E-state index contributed by atoms with van der Waals surface area (Å²) < 4.78 is 5.31. The number of amides is 2. The van der Waals surface area contributed by atoms with Crippen LogP contribution in [-0.4, -0.2) is 62.7 Å². The molecule has 26 heavy (non-hydrogen) atoms. The van der Waals surface area contributed by atoms with E-state index in [0.717, 1.165) is 38.5 Å². The third-order valence-electron chi connectivity index (χ3n) is 4.58. The summed E-state index contributed by atoms with van der Waals surface area (Å²) in [5, 5.41) is 2.91. The highest BCUT2D eigenvalue weighted by molar-refractivity contribution is 5.97. The zero-order chi connectivity index (χ0) is 19.2. The molecule has 0 aromatic heterocycles. The number of morpholine rings is 1. The van der Waals surface area contributed by atoms with Gasteiger partial charge in [0.05, 0.1) is 13.2 Å². The predicted octanol–water partition coefficient (Wildman–Crippen LogP) is 1.79. The van der Waals surface area contributed by atoms with Crippen molar-refractivity contribution in [2.75, 3.05) is 50.8 Å². The summed E-state index contributed by atoms with van der Waals surface area (Å²) in [5.41, 5.74) is 1.99. The molecule has 0 bridgehead atoms. The van der Waals surface area contributed by atoms with Crippen molar-refractivity contribution >= 4 is 17.5 Å². The molecule has 0 aliphatic carbocycles. The fourth-order valence-electron chi connectivity index (χ4n) is 2.90. The van der Waals surface area contributed by atoms with E-state index in [-0.39, 0.29) is 23.8 Å². The number of rotatable bonds is 6. The first-order valence-electron chi connectivity index (χ1n) is 9.23. The molecule has 1 saturated heterocycles. The second kappa shape index (κ2) is 9.14. The molecular formula is C20H31N3O3. The Kier molecular flexibility index (Phi) is 7.17. The molecule has 0 radical (unpaired) electrons. The number of nitrogens with one attached hydrogen (secondary N) is 1. The quantitative estimate of drug-likeness (QED) is 0.839. The standard InChI is InChI=1S/C20H31N3O3/c1-16(24)23(18-7-5-17(6-8-18)20(2,3)4)15-19(25)21-9-10-22-11-13-26-14-12-22/h5-8H,9-15H2,1-4H3,(H,21,25). The second-order valence-corrected chi connectivity index (χ2v) is 7.71. The Morgan fingerprint density at radius 3 is 2.31 bits per heavy atom. The van der Waals surface area contributed by atoms with Crippen LogP contribution in [0, 0.1) is 0 Å². The Morgan fingerprint density at radius 2 is 1.77 bits per heavy atom. The molecule has 0 unspecified atom stereocenters. The first-order valence-corrected chi connectivity index (χ1v) is 9.23. The average Bonchev–Trinajstić information content (AvgIpc) is 2.60. The van der Waals surface area contributed by atoms with Gasteiger partial charge in [-0.25, -0.2) is 0 Å². The van der Waals surface area contributed by atoms with Crippen molar-refractivity contribution in [3.63, 3.8) is 0 Å². The van der Waals surface area contributed by atoms with Gasteiger partial charge < -0.3 is 15.0 Å². The van der Waals surface area contributed by atoms with Gasteiger partial charge >= 0.3 is 0 Å². The van der Waals surface area contributed by atoms with Crippen LogP contribution < -0.4 is 10.2 Å². The van der Waals surface area contributed by atoms with Gasteiger partial charge in [-0.05, 0) is 23.1 Å². The first kappa shape index (κ1) is 20.4. The highest BCUT2D eigenvalue weighted by atomic mass is 16.5. The van der Waals surface area contributed by atoms with E-state index in [1.165, 1.54) is 17.4 Å². The number of ether oxygens (including phenoxy) is 1. The van der Waals surface area contributed by atoms with Gasteiger partial charge in [-0.3, -0.25) is 14.5 Å². The molecule has 1 fully saturated rings. The normalized spacial score (nSPS) is 15.5. The lowest BCUT2D eigenvalue weighted by Crippen LogP contribution is -2.44. The van der Waals surface area contributed by atoms with Gasteiger partial charge in [0.2, 0.25) is 11.8 Å². The monoisotopic (exact) mass is 361 g/mol. The Bertz CT molecular complexity index is 602. The fourth-order valence-corrected chi connectivity index (χ4v) is 2.90. The molecule has 144 valence electrons. The molecular weight excluding hydrogens is 330 g/mol. The number of anilines is 1. The van der Waals surface area contributed by atoms with Gasteiger partial charge in [0.25, 0.3) is 0 Å². The maximum atomic E-state index is 12.3. The number of hydrogen-bond donors (Lipinski definition) is 1. The topological polar surface area (TPSA) is 61.9 Å². The summed E-state index contributed by atoms with van der Waals surface area (Å²) in [5.74, 6) is -0.287. The van der Waals surface area contributed by atoms with E-state index in [9.17, 15) is 9.59 Å². The van der Waals surface area contributed by atoms with Crippen molar-refractivity contribution in [2.24, 2.45) is 0 Å². The van der Waals surface area contributed by atoms with Gasteiger partial charge in [-0.2, -0.15) is 0 Å². The van der Waals surface area contributed by atoms with Crippen molar-refractivity contribution in [3.05, 3.63) is 29.8 Å². The molecule has 2 rings (SSSR count). The molecule has 0 saturated carbocycles. The van der Waals surface area contributed by atoms with Crippen molar-refractivity contribution in [3.8, 4) is 0 Å². The molecule has 1 aromatic carbocycles. The van der Waals surface area contributed by atoms with Crippen molar-refractivity contribution in [1.29, 1.82) is 0 Å². The van der Waals surface area contributed by atoms with Crippen LogP contribution in [0.2, 0.25) is 0 Å². The van der Waals surface area contributed by atoms with Crippen molar-refractivity contribution in [2.45, 2.75) is 33.1 Å². The molecule has 1 heterocycles. The molecule has 1 aliphatic heterocycles. The highest BCUT2D eigenvalue weighted by Gasteiger charge is 2.18. The van der Waals surface area contributed by atoms with E-state index < -0.39 is 0 Å². The maximum absolute atomic E-state index is 12.3. The van der Waals surface area contributed by atoms with Crippen LogP contribution in [0.5, 0.6) is 0 Å². The summed E-state index contributed by atoms with van der Waals surface area (Å²) in [6, 6.07) is 7.84. The summed E-state index contributed by atoms with van der Waals surface area (Å²) in [7, 11) is 0. The number of carbonyl (C=O) groups is 2. The highest BCUT2D eigenvalue weighted by Crippen LogP contribution is 2.25. The van der Waals surface area contributed by atoms with E-state index in [2.05, 4.69) is 31.0 Å². The Morgan fingerprint density at radius 1 is 1.15 bits per heavy atom. The summed E-state index contributed by atoms with van der Waals surface area (Å²) in [4.78, 5) is 28.0. The minimum Gasteiger partial charge on any atom is -0.379 e. The lowest BCUT2D eigenvalue weighted by molar-refractivity contribution is -0.123. The van der Waals surface area contributed by atoms with E-state index in [4.69, 9.17) is 4.74 Å². The number of benzene rings is 1. The molecule has 6 heteroatoms. The zero-order valence-corrected chi connectivity index (χ0v) is 16.4. The van der Waals surface area contributed by atoms with Gasteiger partial charge in [0.1, 0.15) is 6.54 Å². The van der Waals surface area contributed by atoms with Crippen molar-refractivity contribution < 1.29 is 14.3 Å². The van der Waals surface area contributed by atoms with Crippen LogP contribution in [0.15, 0.2) is 24.3 Å². The molecule has 1 aliphatic rings. The second-order valence-electron chi connectivity index (χ2n) is 7.71. The third-order valence-corrected chi connectivity index (χ3v) is 4.58. The predicted molar refractivity (Wildman–Crippen MR) is 103 cm³/mol. The largest absolute Gasteiger partial charge is 0.379 e. The maximum Gasteiger partial charge on any atom is 0.240 e. The molecule has 2 amide bonds. The van der Waals surface area contributed by atoms with E-state index in [0.29, 0.717) is 6.54 Å². The van der Waals surface area contributed by atoms with Crippen LogP contribution in [-0.2, 0) is 19.7 Å². The summed E-state index contributed by atoms with van der Waals surface area (Å²) in [6.07, 6.45) is 0. The molecule has 0 atom stereocenters. The van der Waals surface area contributed by atoms with Crippen LogP contribution in [0.3, 0.4) is 0 Å². The zero-order valence-electron chi connectivity index (χ0n) is 16.4.